The molecule has 1 aliphatic carbocycles. The number of thiophene rings is 1. The smallest absolute Gasteiger partial charge is 0.252 e. The van der Waals surface area contributed by atoms with Crippen molar-refractivity contribution in [2.24, 2.45) is 0 Å². The molecule has 2 aromatic heterocycles. The fourth-order valence-electron chi connectivity index (χ4n) is 4.03. The Labute approximate surface area is 159 Å². The van der Waals surface area contributed by atoms with Crippen LogP contribution in [0.3, 0.4) is 0 Å². The van der Waals surface area contributed by atoms with Crippen molar-refractivity contribution in [3.63, 3.8) is 0 Å². The Balaban J connectivity index is 1.39. The summed E-state index contributed by atoms with van der Waals surface area (Å²) in [6.07, 6.45) is 8.73. The van der Waals surface area contributed by atoms with E-state index in [0.29, 0.717) is 6.04 Å². The number of rotatable bonds is 5. The molecule has 1 saturated carbocycles. The van der Waals surface area contributed by atoms with Gasteiger partial charge in [0.2, 0.25) is 0 Å². The van der Waals surface area contributed by atoms with Gasteiger partial charge in [0, 0.05) is 42.1 Å². The maximum absolute atomic E-state index is 12.6. The summed E-state index contributed by atoms with van der Waals surface area (Å²) in [7, 11) is 0. The molecule has 5 heteroatoms. The zero-order chi connectivity index (χ0) is 17.9. The van der Waals surface area contributed by atoms with Crippen LogP contribution >= 0.6 is 11.3 Å². The lowest BCUT2D eigenvalue weighted by molar-refractivity contribution is 0.0936. The largest absolute Gasteiger partial charge is 0.349 e. The van der Waals surface area contributed by atoms with Gasteiger partial charge in [0.25, 0.3) is 5.91 Å². The number of amides is 1. The van der Waals surface area contributed by atoms with Gasteiger partial charge in [-0.3, -0.25) is 14.7 Å². The molecule has 0 spiro atoms. The van der Waals surface area contributed by atoms with Crippen molar-refractivity contribution < 1.29 is 4.79 Å². The van der Waals surface area contributed by atoms with Crippen LogP contribution < -0.4 is 5.32 Å². The molecular formula is C21H27N3OS. The standard InChI is InChI=1S/C21H27N3OS/c1-2-15-7-8-17(22-11-15)12-24-10-9-18-19(14-26-20(18)13-24)21(25)23-16-5-3-4-6-16/h7-8,11,14,16H,2-6,9-10,12-13H2,1H3,(H,23,25). The SMILES string of the molecule is CCc1ccc(CN2CCc3c(C(=O)NC4CCCC4)csc3C2)nc1. The lowest BCUT2D eigenvalue weighted by atomic mass is 10.0. The maximum Gasteiger partial charge on any atom is 0.252 e. The third-order valence-corrected chi connectivity index (χ3v) is 6.65. The van der Waals surface area contributed by atoms with Crippen LogP contribution in [-0.4, -0.2) is 28.4 Å². The highest BCUT2D eigenvalue weighted by Gasteiger charge is 2.26. The van der Waals surface area contributed by atoms with Gasteiger partial charge in [-0.2, -0.15) is 0 Å². The molecule has 0 bridgehead atoms. The average Bonchev–Trinajstić information content (AvgIpc) is 3.31. The minimum atomic E-state index is 0.139. The summed E-state index contributed by atoms with van der Waals surface area (Å²) >= 11 is 1.74. The van der Waals surface area contributed by atoms with E-state index >= 15 is 0 Å². The van der Waals surface area contributed by atoms with Crippen LogP contribution in [0.15, 0.2) is 23.7 Å². The molecule has 138 valence electrons. The van der Waals surface area contributed by atoms with Crippen molar-refractivity contribution in [2.45, 2.75) is 64.6 Å². The maximum atomic E-state index is 12.6. The van der Waals surface area contributed by atoms with Gasteiger partial charge < -0.3 is 5.32 Å². The molecule has 1 fully saturated rings. The van der Waals surface area contributed by atoms with E-state index < -0.39 is 0 Å². The fourth-order valence-corrected chi connectivity index (χ4v) is 5.15. The minimum absolute atomic E-state index is 0.139. The molecule has 0 radical (unpaired) electrons. The summed E-state index contributed by atoms with van der Waals surface area (Å²) in [5.74, 6) is 0.139. The number of nitrogens with zero attached hydrogens (tertiary/aromatic N) is 2. The first-order valence-electron chi connectivity index (χ1n) is 9.79. The van der Waals surface area contributed by atoms with E-state index in [0.717, 1.165) is 56.6 Å². The van der Waals surface area contributed by atoms with E-state index in [4.69, 9.17) is 0 Å². The number of carbonyl (C=O) groups excluding carboxylic acids is 1. The zero-order valence-electron chi connectivity index (χ0n) is 15.5. The topological polar surface area (TPSA) is 45.2 Å². The number of carbonyl (C=O) groups is 1. The van der Waals surface area contributed by atoms with E-state index in [1.54, 1.807) is 11.3 Å². The predicted octanol–water partition coefficient (Wildman–Crippen LogP) is 3.94. The van der Waals surface area contributed by atoms with Crippen molar-refractivity contribution in [1.29, 1.82) is 0 Å². The van der Waals surface area contributed by atoms with Crippen LogP contribution in [0.2, 0.25) is 0 Å². The first kappa shape index (κ1) is 17.7. The van der Waals surface area contributed by atoms with Gasteiger partial charge in [-0.1, -0.05) is 25.8 Å². The van der Waals surface area contributed by atoms with Gasteiger partial charge in [0.1, 0.15) is 0 Å². The molecule has 1 amide bonds. The predicted molar refractivity (Wildman–Crippen MR) is 105 cm³/mol. The molecule has 2 aliphatic rings. The lowest BCUT2D eigenvalue weighted by Gasteiger charge is -2.27. The summed E-state index contributed by atoms with van der Waals surface area (Å²) in [5.41, 5.74) is 4.60. The summed E-state index contributed by atoms with van der Waals surface area (Å²) in [6, 6.07) is 4.70. The molecule has 0 atom stereocenters. The van der Waals surface area contributed by atoms with Crippen LogP contribution in [0.1, 0.15) is 64.7 Å². The second kappa shape index (κ2) is 7.89. The molecule has 1 N–H and O–H groups in total. The van der Waals surface area contributed by atoms with Crippen molar-refractivity contribution in [1.82, 2.24) is 15.2 Å². The quantitative estimate of drug-likeness (QED) is 0.868. The van der Waals surface area contributed by atoms with Crippen molar-refractivity contribution >= 4 is 17.2 Å². The second-order valence-electron chi connectivity index (χ2n) is 7.48. The zero-order valence-corrected chi connectivity index (χ0v) is 16.3. The number of pyridine rings is 1. The number of aromatic nitrogens is 1. The molecule has 4 rings (SSSR count). The molecule has 26 heavy (non-hydrogen) atoms. The minimum Gasteiger partial charge on any atom is -0.349 e. The Morgan fingerprint density at radius 1 is 1.35 bits per heavy atom. The Kier molecular flexibility index (Phi) is 5.36. The monoisotopic (exact) mass is 369 g/mol. The van der Waals surface area contributed by atoms with E-state index in [1.165, 1.54) is 28.8 Å². The van der Waals surface area contributed by atoms with Crippen LogP contribution in [0.5, 0.6) is 0 Å². The molecule has 0 saturated heterocycles. The average molecular weight is 370 g/mol. The molecule has 2 aromatic rings. The summed E-state index contributed by atoms with van der Waals surface area (Å²) in [4.78, 5) is 21.0. The Morgan fingerprint density at radius 3 is 2.92 bits per heavy atom. The third kappa shape index (κ3) is 3.84. The van der Waals surface area contributed by atoms with Gasteiger partial charge in [-0.05, 0) is 42.9 Å². The van der Waals surface area contributed by atoms with Crippen LogP contribution in [0.25, 0.3) is 0 Å². The first-order chi connectivity index (χ1) is 12.7. The molecule has 3 heterocycles. The van der Waals surface area contributed by atoms with Crippen molar-refractivity contribution in [3.8, 4) is 0 Å². The highest BCUT2D eigenvalue weighted by molar-refractivity contribution is 7.10. The summed E-state index contributed by atoms with van der Waals surface area (Å²) in [6.45, 7) is 4.95. The molecule has 1 aliphatic heterocycles. The fraction of sp³-hybridized carbons (Fsp3) is 0.524. The number of nitrogens with one attached hydrogen (secondary N) is 1. The van der Waals surface area contributed by atoms with E-state index in [2.05, 4.69) is 39.6 Å². The molecule has 4 nitrogen and oxygen atoms in total. The van der Waals surface area contributed by atoms with Crippen LogP contribution in [0, 0.1) is 0 Å². The summed E-state index contributed by atoms with van der Waals surface area (Å²) in [5, 5.41) is 5.30. The lowest BCUT2D eigenvalue weighted by Crippen LogP contribution is -2.34. The van der Waals surface area contributed by atoms with Gasteiger partial charge in [-0.15, -0.1) is 11.3 Å². The van der Waals surface area contributed by atoms with E-state index in [-0.39, 0.29) is 5.91 Å². The second-order valence-corrected chi connectivity index (χ2v) is 8.44. The van der Waals surface area contributed by atoms with Gasteiger partial charge in [0.15, 0.2) is 0 Å². The van der Waals surface area contributed by atoms with Gasteiger partial charge >= 0.3 is 0 Å². The Hall–Kier alpha value is -1.72. The highest BCUT2D eigenvalue weighted by Crippen LogP contribution is 2.30. The van der Waals surface area contributed by atoms with Crippen LogP contribution in [0.4, 0.5) is 0 Å². The normalized spacial score (nSPS) is 18.0. The van der Waals surface area contributed by atoms with E-state index in [9.17, 15) is 4.79 Å². The highest BCUT2D eigenvalue weighted by atomic mass is 32.1. The molecule has 0 unspecified atom stereocenters. The van der Waals surface area contributed by atoms with Gasteiger partial charge in [0.05, 0.1) is 11.3 Å². The third-order valence-electron chi connectivity index (χ3n) is 5.64. The Bertz CT molecular complexity index is 762. The summed E-state index contributed by atoms with van der Waals surface area (Å²) < 4.78 is 0. The first-order valence-corrected chi connectivity index (χ1v) is 10.7. The number of aryl methyl sites for hydroxylation is 1. The van der Waals surface area contributed by atoms with Crippen LogP contribution in [-0.2, 0) is 25.9 Å². The van der Waals surface area contributed by atoms with Crippen molar-refractivity contribution in [2.75, 3.05) is 6.54 Å². The van der Waals surface area contributed by atoms with Gasteiger partial charge in [-0.25, -0.2) is 0 Å². The van der Waals surface area contributed by atoms with E-state index in [1.807, 2.05) is 6.20 Å². The number of fused-ring (bicyclic) bond motifs is 1. The Morgan fingerprint density at radius 2 is 2.19 bits per heavy atom. The molecular weight excluding hydrogens is 342 g/mol. The number of hydrogen-bond donors (Lipinski definition) is 1. The molecule has 0 aromatic carbocycles. The van der Waals surface area contributed by atoms with Crippen molar-refractivity contribution in [3.05, 3.63) is 51.0 Å². The number of hydrogen-bond acceptors (Lipinski definition) is 4.